The fraction of sp³-hybridized carbons (Fsp3) is 0.238. The summed E-state index contributed by atoms with van der Waals surface area (Å²) in [6.45, 7) is 4.58. The van der Waals surface area contributed by atoms with Gasteiger partial charge < -0.3 is 9.84 Å². The van der Waals surface area contributed by atoms with Crippen LogP contribution in [0.15, 0.2) is 48.5 Å². The van der Waals surface area contributed by atoms with E-state index in [9.17, 15) is 9.50 Å². The summed E-state index contributed by atoms with van der Waals surface area (Å²) in [7, 11) is 0. The second kappa shape index (κ2) is 7.09. The molecule has 0 aliphatic carbocycles. The summed E-state index contributed by atoms with van der Waals surface area (Å²) in [6.07, 6.45) is 0. The number of hydrogen-bond acceptors (Lipinski definition) is 4. The molecule has 0 saturated carbocycles. The molecule has 0 saturated heterocycles. The first-order valence-electron chi connectivity index (χ1n) is 8.61. The molecule has 5 heteroatoms. The fourth-order valence-electron chi connectivity index (χ4n) is 3.31. The summed E-state index contributed by atoms with van der Waals surface area (Å²) in [4.78, 5) is 4.57. The topological polar surface area (TPSA) is 32.7 Å². The number of halogens is 1. The van der Waals surface area contributed by atoms with Gasteiger partial charge >= 0.3 is 0 Å². The smallest absolute Gasteiger partial charge is 0.165 e. The van der Waals surface area contributed by atoms with Gasteiger partial charge in [0.15, 0.2) is 11.5 Å². The zero-order chi connectivity index (χ0) is 18.1. The summed E-state index contributed by atoms with van der Waals surface area (Å²) in [5, 5.41) is 10.5. The van der Waals surface area contributed by atoms with Crippen molar-refractivity contribution in [2.45, 2.75) is 20.0 Å². The van der Waals surface area contributed by atoms with Crippen LogP contribution in [-0.2, 0) is 13.1 Å². The zero-order valence-corrected chi connectivity index (χ0v) is 15.4. The van der Waals surface area contributed by atoms with Crippen molar-refractivity contribution in [2.75, 3.05) is 13.2 Å². The van der Waals surface area contributed by atoms with Crippen LogP contribution in [0.3, 0.4) is 0 Å². The first-order valence-corrected chi connectivity index (χ1v) is 9.42. The van der Waals surface area contributed by atoms with E-state index in [2.05, 4.69) is 30.0 Å². The number of thiophene rings is 1. The van der Waals surface area contributed by atoms with E-state index in [0.717, 1.165) is 28.1 Å². The van der Waals surface area contributed by atoms with Crippen LogP contribution in [0, 0.1) is 12.7 Å². The van der Waals surface area contributed by atoms with E-state index in [1.165, 1.54) is 10.9 Å². The van der Waals surface area contributed by atoms with Gasteiger partial charge in [-0.05, 0) is 54.4 Å². The molecule has 134 valence electrons. The van der Waals surface area contributed by atoms with Crippen molar-refractivity contribution in [3.63, 3.8) is 0 Å². The number of hydrogen-bond donors (Lipinski definition) is 1. The molecule has 2 aromatic carbocycles. The van der Waals surface area contributed by atoms with Crippen LogP contribution in [0.4, 0.5) is 4.39 Å². The van der Waals surface area contributed by atoms with E-state index in [0.29, 0.717) is 25.4 Å². The lowest BCUT2D eigenvalue weighted by Gasteiger charge is -2.19. The van der Waals surface area contributed by atoms with Gasteiger partial charge in [0.25, 0.3) is 0 Å². The fourth-order valence-corrected chi connectivity index (χ4v) is 4.17. The summed E-state index contributed by atoms with van der Waals surface area (Å²) in [5.74, 6) is 0.516. The molecule has 0 amide bonds. The molecule has 4 rings (SSSR count). The number of fused-ring (bicyclic) bond motifs is 1. The van der Waals surface area contributed by atoms with Gasteiger partial charge in [0, 0.05) is 35.0 Å². The number of aryl methyl sites for hydroxylation is 1. The molecule has 0 atom stereocenters. The molecule has 0 spiro atoms. The minimum atomic E-state index is -0.220. The van der Waals surface area contributed by atoms with Gasteiger partial charge in [0.2, 0.25) is 0 Å². The zero-order valence-electron chi connectivity index (χ0n) is 14.5. The van der Waals surface area contributed by atoms with E-state index < -0.39 is 0 Å². The van der Waals surface area contributed by atoms with Crippen molar-refractivity contribution in [2.24, 2.45) is 0 Å². The Kier molecular flexibility index (Phi) is 4.66. The Labute approximate surface area is 156 Å². The number of benzene rings is 2. The van der Waals surface area contributed by atoms with Crippen molar-refractivity contribution in [1.29, 1.82) is 0 Å². The molecule has 1 aromatic heterocycles. The van der Waals surface area contributed by atoms with E-state index in [-0.39, 0.29) is 11.6 Å². The maximum absolute atomic E-state index is 13.5. The molecule has 3 aromatic rings. The third-order valence-corrected chi connectivity index (χ3v) is 5.56. The average Bonchev–Trinajstić information content (AvgIpc) is 2.92. The van der Waals surface area contributed by atoms with Gasteiger partial charge in [0.1, 0.15) is 12.4 Å². The normalized spacial score (nSPS) is 14.5. The molecule has 0 radical (unpaired) electrons. The van der Waals surface area contributed by atoms with E-state index >= 15 is 0 Å². The molecule has 0 fully saturated rings. The van der Waals surface area contributed by atoms with Gasteiger partial charge in [-0.15, -0.1) is 11.3 Å². The largest absolute Gasteiger partial charge is 0.504 e. The van der Waals surface area contributed by atoms with Crippen molar-refractivity contribution >= 4 is 11.3 Å². The molecular formula is C21H20FNO2S. The van der Waals surface area contributed by atoms with E-state index in [4.69, 9.17) is 4.74 Å². The number of phenolic OH excluding ortho intramolecular Hbond substituents is 1. The SMILES string of the molecule is Cc1ccc(-c2cc(O)c3c(c2)CN(Cc2cccc(F)c2)CCO3)s1. The highest BCUT2D eigenvalue weighted by Crippen LogP contribution is 2.39. The van der Waals surface area contributed by atoms with Crippen LogP contribution >= 0.6 is 11.3 Å². The van der Waals surface area contributed by atoms with Crippen LogP contribution in [0.5, 0.6) is 11.5 Å². The molecule has 1 aliphatic heterocycles. The molecule has 1 N–H and O–H groups in total. The van der Waals surface area contributed by atoms with Crippen LogP contribution in [-0.4, -0.2) is 23.2 Å². The molecule has 0 bridgehead atoms. The van der Waals surface area contributed by atoms with Crippen molar-refractivity contribution in [3.05, 3.63) is 70.4 Å². The summed E-state index contributed by atoms with van der Waals surface area (Å²) in [5.41, 5.74) is 2.89. The number of rotatable bonds is 3. The maximum Gasteiger partial charge on any atom is 0.165 e. The predicted molar refractivity (Wildman–Crippen MR) is 102 cm³/mol. The lowest BCUT2D eigenvalue weighted by Crippen LogP contribution is -2.25. The Morgan fingerprint density at radius 2 is 2.08 bits per heavy atom. The maximum atomic E-state index is 13.5. The Morgan fingerprint density at radius 3 is 2.85 bits per heavy atom. The lowest BCUT2D eigenvalue weighted by molar-refractivity contribution is 0.217. The second-order valence-corrected chi connectivity index (χ2v) is 7.87. The molecular weight excluding hydrogens is 349 g/mol. The average molecular weight is 369 g/mol. The van der Waals surface area contributed by atoms with E-state index in [1.54, 1.807) is 29.5 Å². The van der Waals surface area contributed by atoms with Crippen LogP contribution in [0.25, 0.3) is 10.4 Å². The number of ether oxygens (including phenoxy) is 1. The third-order valence-electron chi connectivity index (χ3n) is 4.51. The van der Waals surface area contributed by atoms with Crippen LogP contribution < -0.4 is 4.74 Å². The minimum Gasteiger partial charge on any atom is -0.504 e. The highest BCUT2D eigenvalue weighted by Gasteiger charge is 2.20. The van der Waals surface area contributed by atoms with Crippen LogP contribution in [0.2, 0.25) is 0 Å². The number of phenols is 1. The van der Waals surface area contributed by atoms with Crippen molar-refractivity contribution in [1.82, 2.24) is 4.90 Å². The molecule has 3 nitrogen and oxygen atoms in total. The Bertz CT molecular complexity index is 938. The van der Waals surface area contributed by atoms with Crippen molar-refractivity contribution in [3.8, 4) is 21.9 Å². The number of aromatic hydroxyl groups is 1. The Balaban J connectivity index is 1.63. The monoisotopic (exact) mass is 369 g/mol. The second-order valence-electron chi connectivity index (χ2n) is 6.58. The summed E-state index contributed by atoms with van der Waals surface area (Å²) < 4.78 is 19.3. The minimum absolute atomic E-state index is 0.177. The standard InChI is InChI=1S/C21H20FNO2S/c1-14-5-6-20(26-14)16-10-17-13-23(7-8-25-21(17)19(24)11-16)12-15-3-2-4-18(22)9-15/h2-6,9-11,24H,7-8,12-13H2,1H3. The van der Waals surface area contributed by atoms with Gasteiger partial charge in [-0.3, -0.25) is 4.90 Å². The highest BCUT2D eigenvalue weighted by atomic mass is 32.1. The first-order chi connectivity index (χ1) is 12.6. The Hall–Kier alpha value is -2.37. The van der Waals surface area contributed by atoms with Crippen molar-refractivity contribution < 1.29 is 14.2 Å². The molecule has 2 heterocycles. The lowest BCUT2D eigenvalue weighted by atomic mass is 10.1. The number of nitrogens with zero attached hydrogens (tertiary/aromatic N) is 1. The highest BCUT2D eigenvalue weighted by molar-refractivity contribution is 7.15. The third kappa shape index (κ3) is 3.59. The van der Waals surface area contributed by atoms with Gasteiger partial charge in [-0.25, -0.2) is 4.39 Å². The quantitative estimate of drug-likeness (QED) is 0.708. The molecule has 26 heavy (non-hydrogen) atoms. The predicted octanol–water partition coefficient (Wildman–Crippen LogP) is 4.96. The first kappa shape index (κ1) is 17.1. The van der Waals surface area contributed by atoms with E-state index in [1.807, 2.05) is 6.07 Å². The molecule has 0 unspecified atom stereocenters. The summed E-state index contributed by atoms with van der Waals surface area (Å²) >= 11 is 1.70. The summed E-state index contributed by atoms with van der Waals surface area (Å²) in [6, 6.07) is 14.7. The van der Waals surface area contributed by atoms with Gasteiger partial charge in [-0.2, -0.15) is 0 Å². The van der Waals surface area contributed by atoms with Crippen LogP contribution in [0.1, 0.15) is 16.0 Å². The Morgan fingerprint density at radius 1 is 1.19 bits per heavy atom. The molecule has 1 aliphatic rings. The van der Waals surface area contributed by atoms with Gasteiger partial charge in [-0.1, -0.05) is 12.1 Å². The van der Waals surface area contributed by atoms with Gasteiger partial charge in [0.05, 0.1) is 0 Å².